The van der Waals surface area contributed by atoms with Crippen LogP contribution in [0.25, 0.3) is 0 Å². The minimum absolute atomic E-state index is 0.0424. The van der Waals surface area contributed by atoms with Crippen LogP contribution in [0, 0.1) is 11.8 Å². The molecule has 2 fully saturated rings. The molecule has 0 aromatic rings. The number of methoxy groups -OCH3 is 1. The van der Waals surface area contributed by atoms with Gasteiger partial charge in [0.15, 0.2) is 0 Å². The number of hydrogen-bond acceptors (Lipinski definition) is 4. The van der Waals surface area contributed by atoms with E-state index in [2.05, 4.69) is 19.1 Å². The third kappa shape index (κ3) is 2.21. The Morgan fingerprint density at radius 2 is 1.84 bits per heavy atom. The van der Waals surface area contributed by atoms with Gasteiger partial charge in [-0.1, -0.05) is 31.9 Å². The summed E-state index contributed by atoms with van der Waals surface area (Å²) >= 11 is 0. The summed E-state index contributed by atoms with van der Waals surface area (Å²) in [5.41, 5.74) is 0. The Morgan fingerprint density at radius 1 is 1.16 bits per heavy atom. The maximum Gasteiger partial charge on any atom is 0.308 e. The van der Waals surface area contributed by atoms with E-state index in [4.69, 9.17) is 14.2 Å². The normalized spacial score (nSPS) is 42.6. The molecule has 0 N–H and O–H groups in total. The molecule has 0 aromatic heterocycles. The molecule has 3 aliphatic rings. The lowest BCUT2D eigenvalue weighted by molar-refractivity contribution is -0.144. The molecule has 0 aromatic carbocycles. The van der Waals surface area contributed by atoms with Gasteiger partial charge in [0.2, 0.25) is 0 Å². The van der Waals surface area contributed by atoms with Crippen molar-refractivity contribution in [3.8, 4) is 0 Å². The van der Waals surface area contributed by atoms with Crippen LogP contribution in [0.3, 0.4) is 0 Å². The summed E-state index contributed by atoms with van der Waals surface area (Å²) in [6.45, 7) is 2.19. The zero-order valence-corrected chi connectivity index (χ0v) is 11.6. The van der Waals surface area contributed by atoms with Gasteiger partial charge < -0.3 is 14.2 Å². The van der Waals surface area contributed by atoms with Crippen LogP contribution in [0.1, 0.15) is 32.6 Å². The molecule has 2 saturated heterocycles. The predicted octanol–water partition coefficient (Wildman–Crippen LogP) is 2.08. The highest BCUT2D eigenvalue weighted by molar-refractivity contribution is 5.70. The van der Waals surface area contributed by atoms with Crippen molar-refractivity contribution in [2.45, 2.75) is 57.0 Å². The Hall–Kier alpha value is -0.870. The molecule has 6 atom stereocenters. The largest absolute Gasteiger partial charge is 0.469 e. The number of unbranched alkanes of at least 4 members (excludes halogenated alkanes) is 1. The van der Waals surface area contributed by atoms with Crippen molar-refractivity contribution < 1.29 is 19.0 Å². The minimum Gasteiger partial charge on any atom is -0.469 e. The molecule has 106 valence electrons. The molecule has 0 radical (unpaired) electrons. The van der Waals surface area contributed by atoms with Crippen LogP contribution in [-0.4, -0.2) is 37.5 Å². The third-order valence-electron chi connectivity index (χ3n) is 4.65. The topological polar surface area (TPSA) is 44.8 Å². The number of carbonyl (C=O) groups excluding carboxylic acids is 1. The highest BCUT2D eigenvalue weighted by atomic mass is 16.5. The van der Waals surface area contributed by atoms with Crippen LogP contribution < -0.4 is 0 Å². The van der Waals surface area contributed by atoms with Crippen LogP contribution in [0.5, 0.6) is 0 Å². The van der Waals surface area contributed by atoms with E-state index in [1.807, 2.05) is 0 Å². The molecule has 0 amide bonds. The van der Waals surface area contributed by atoms with Crippen LogP contribution in [-0.2, 0) is 19.0 Å². The number of esters is 1. The van der Waals surface area contributed by atoms with E-state index in [1.54, 1.807) is 0 Å². The first-order valence-corrected chi connectivity index (χ1v) is 7.30. The van der Waals surface area contributed by atoms with Crippen LogP contribution in [0.15, 0.2) is 12.2 Å². The highest BCUT2D eigenvalue weighted by Crippen LogP contribution is 2.50. The first-order chi connectivity index (χ1) is 9.24. The van der Waals surface area contributed by atoms with Crippen LogP contribution >= 0.6 is 0 Å². The van der Waals surface area contributed by atoms with Crippen molar-refractivity contribution in [3.63, 3.8) is 0 Å². The van der Waals surface area contributed by atoms with Gasteiger partial charge in [-0.3, -0.25) is 4.79 Å². The van der Waals surface area contributed by atoms with Crippen molar-refractivity contribution in [2.75, 3.05) is 7.11 Å². The molecule has 3 heterocycles. The van der Waals surface area contributed by atoms with Crippen LogP contribution in [0.2, 0.25) is 0 Å². The molecule has 2 bridgehead atoms. The lowest BCUT2D eigenvalue weighted by atomic mass is 9.77. The van der Waals surface area contributed by atoms with Crippen molar-refractivity contribution in [1.29, 1.82) is 0 Å². The van der Waals surface area contributed by atoms with Gasteiger partial charge in [0, 0.05) is 11.8 Å². The molecular weight excluding hydrogens is 244 g/mol. The second-order valence-electron chi connectivity index (χ2n) is 5.74. The fourth-order valence-electron chi connectivity index (χ4n) is 3.79. The molecule has 0 unspecified atom stereocenters. The average Bonchev–Trinajstić information content (AvgIpc) is 3.09. The SMILES string of the molecule is CCCC[C@H]1O[C@H](CC(=O)OC)[C@@H]2[C@H]1[C@H]1C=C[C@@H]2O1. The number of hydrogen-bond donors (Lipinski definition) is 0. The number of carbonyl (C=O) groups is 1. The van der Waals surface area contributed by atoms with Crippen molar-refractivity contribution in [2.24, 2.45) is 11.8 Å². The Bertz CT molecular complexity index is 378. The average molecular weight is 266 g/mol. The zero-order valence-electron chi connectivity index (χ0n) is 11.6. The number of ether oxygens (including phenoxy) is 3. The quantitative estimate of drug-likeness (QED) is 0.564. The molecule has 3 rings (SSSR count). The van der Waals surface area contributed by atoms with E-state index < -0.39 is 0 Å². The van der Waals surface area contributed by atoms with Gasteiger partial charge in [-0.25, -0.2) is 0 Å². The van der Waals surface area contributed by atoms with Crippen molar-refractivity contribution in [1.82, 2.24) is 0 Å². The fraction of sp³-hybridized carbons (Fsp3) is 0.800. The molecule has 0 spiro atoms. The second kappa shape index (κ2) is 5.25. The highest BCUT2D eigenvalue weighted by Gasteiger charge is 2.57. The van der Waals surface area contributed by atoms with E-state index in [1.165, 1.54) is 20.0 Å². The molecule has 0 saturated carbocycles. The smallest absolute Gasteiger partial charge is 0.308 e. The second-order valence-corrected chi connectivity index (χ2v) is 5.74. The van der Waals surface area contributed by atoms with Gasteiger partial charge >= 0.3 is 5.97 Å². The molecular formula is C15H22O4. The first-order valence-electron chi connectivity index (χ1n) is 7.30. The summed E-state index contributed by atoms with van der Waals surface area (Å²) in [5, 5.41) is 0. The Labute approximate surface area is 114 Å². The molecule has 3 aliphatic heterocycles. The van der Waals surface area contributed by atoms with Gasteiger partial charge in [-0.15, -0.1) is 0 Å². The van der Waals surface area contributed by atoms with E-state index in [-0.39, 0.29) is 30.4 Å². The third-order valence-corrected chi connectivity index (χ3v) is 4.65. The van der Waals surface area contributed by atoms with Gasteiger partial charge in [-0.05, 0) is 6.42 Å². The summed E-state index contributed by atoms with van der Waals surface area (Å²) in [4.78, 5) is 11.5. The summed E-state index contributed by atoms with van der Waals surface area (Å²) < 4.78 is 16.9. The Balaban J connectivity index is 1.73. The predicted molar refractivity (Wildman–Crippen MR) is 69.6 cm³/mol. The minimum atomic E-state index is -0.188. The summed E-state index contributed by atoms with van der Waals surface area (Å²) in [5.74, 6) is 0.568. The maximum absolute atomic E-state index is 11.5. The van der Waals surface area contributed by atoms with E-state index >= 15 is 0 Å². The summed E-state index contributed by atoms with van der Waals surface area (Å²) in [6, 6.07) is 0. The van der Waals surface area contributed by atoms with Crippen molar-refractivity contribution >= 4 is 5.97 Å². The molecule has 0 aliphatic carbocycles. The molecule has 19 heavy (non-hydrogen) atoms. The van der Waals surface area contributed by atoms with E-state index in [9.17, 15) is 4.79 Å². The first kappa shape index (κ1) is 13.1. The summed E-state index contributed by atoms with van der Waals surface area (Å²) in [7, 11) is 1.43. The van der Waals surface area contributed by atoms with Gasteiger partial charge in [0.05, 0.1) is 37.9 Å². The maximum atomic E-state index is 11.5. The van der Waals surface area contributed by atoms with Crippen LogP contribution in [0.4, 0.5) is 0 Å². The van der Waals surface area contributed by atoms with Crippen molar-refractivity contribution in [3.05, 3.63) is 12.2 Å². The fourth-order valence-corrected chi connectivity index (χ4v) is 3.79. The van der Waals surface area contributed by atoms with Gasteiger partial charge in [-0.2, -0.15) is 0 Å². The molecule has 4 heteroatoms. The van der Waals surface area contributed by atoms with Gasteiger partial charge in [0.1, 0.15) is 0 Å². The summed E-state index contributed by atoms with van der Waals surface area (Å²) in [6.07, 6.45) is 8.56. The lowest BCUT2D eigenvalue weighted by Gasteiger charge is -2.21. The zero-order chi connectivity index (χ0) is 13.4. The van der Waals surface area contributed by atoms with Gasteiger partial charge in [0.25, 0.3) is 0 Å². The van der Waals surface area contributed by atoms with E-state index in [0.717, 1.165) is 6.42 Å². The monoisotopic (exact) mass is 266 g/mol. The molecule has 4 nitrogen and oxygen atoms in total. The Kier molecular flexibility index (Phi) is 3.63. The number of fused-ring (bicyclic) bond motifs is 5. The lowest BCUT2D eigenvalue weighted by Crippen LogP contribution is -2.31. The van der Waals surface area contributed by atoms with E-state index in [0.29, 0.717) is 18.3 Å². The number of rotatable bonds is 5. The Morgan fingerprint density at radius 3 is 2.47 bits per heavy atom. The standard InChI is InChI=1S/C15H22O4/c1-3-4-5-9-14-10-6-7-11(18-10)15(14)12(19-9)8-13(16)17-2/h6-7,9-12,14-15H,3-5,8H2,1-2H3/t9-,10-,11+,12-,14-,15-/m1/s1.